The highest BCUT2D eigenvalue weighted by molar-refractivity contribution is 6.04. The van der Waals surface area contributed by atoms with E-state index >= 15 is 0 Å². The maximum Gasteiger partial charge on any atom is 0.257 e. The van der Waals surface area contributed by atoms with E-state index in [2.05, 4.69) is 10.4 Å². The fourth-order valence-electron chi connectivity index (χ4n) is 2.76. The Morgan fingerprint density at radius 1 is 1.07 bits per heavy atom. The molecule has 0 aliphatic carbocycles. The first-order valence-corrected chi connectivity index (χ1v) is 8.54. The van der Waals surface area contributed by atoms with Crippen LogP contribution in [0.15, 0.2) is 42.5 Å². The Morgan fingerprint density at radius 3 is 2.46 bits per heavy atom. The normalized spacial score (nSPS) is 10.6. The molecule has 0 fully saturated rings. The fraction of sp³-hybridized carbons (Fsp3) is 0.200. The van der Waals surface area contributed by atoms with Crippen LogP contribution in [-0.4, -0.2) is 29.9 Å². The molecule has 1 heterocycles. The lowest BCUT2D eigenvalue weighted by Gasteiger charge is -2.09. The summed E-state index contributed by atoms with van der Waals surface area (Å²) in [6.45, 7) is 1.87. The summed E-state index contributed by atoms with van der Waals surface area (Å²) in [4.78, 5) is 12.6. The summed E-state index contributed by atoms with van der Waals surface area (Å²) >= 11 is 0. The number of carbonyl (C=O) groups is 1. The molecule has 8 heteroatoms. The molecule has 0 saturated heterocycles. The third-order valence-electron chi connectivity index (χ3n) is 4.17. The van der Waals surface area contributed by atoms with Crippen LogP contribution in [0.1, 0.15) is 23.0 Å². The van der Waals surface area contributed by atoms with Crippen molar-refractivity contribution in [1.29, 1.82) is 0 Å². The molecule has 1 N–H and O–H groups in total. The molecule has 146 valence electrons. The van der Waals surface area contributed by atoms with E-state index in [1.54, 1.807) is 24.3 Å². The first kappa shape index (κ1) is 19.3. The number of amides is 1. The van der Waals surface area contributed by atoms with Crippen LogP contribution in [0.3, 0.4) is 0 Å². The second kappa shape index (κ2) is 8.08. The van der Waals surface area contributed by atoms with Crippen molar-refractivity contribution in [2.24, 2.45) is 0 Å². The molecule has 1 aromatic heterocycles. The number of methoxy groups -OCH3 is 2. The molecule has 0 atom stereocenters. The van der Waals surface area contributed by atoms with Crippen LogP contribution in [0.25, 0.3) is 5.69 Å². The topological polar surface area (TPSA) is 65.4 Å². The van der Waals surface area contributed by atoms with Crippen molar-refractivity contribution in [1.82, 2.24) is 9.78 Å². The summed E-state index contributed by atoms with van der Waals surface area (Å²) < 4.78 is 39.0. The molecule has 2 aromatic carbocycles. The summed E-state index contributed by atoms with van der Waals surface area (Å²) in [5, 5.41) is 6.93. The number of nitrogens with zero attached hydrogens (tertiary/aromatic N) is 2. The number of aromatic nitrogens is 2. The SMILES string of the molecule is CCc1cc(NC(=O)c2ccc(OC)c(OC)c2)nn1-c1ccc(F)cc1F. The van der Waals surface area contributed by atoms with Crippen molar-refractivity contribution in [3.8, 4) is 17.2 Å². The van der Waals surface area contributed by atoms with Crippen LogP contribution < -0.4 is 14.8 Å². The molecule has 0 spiro atoms. The van der Waals surface area contributed by atoms with E-state index in [1.165, 1.54) is 25.0 Å². The summed E-state index contributed by atoms with van der Waals surface area (Å²) in [6, 6.07) is 9.65. The van der Waals surface area contributed by atoms with Crippen LogP contribution >= 0.6 is 0 Å². The summed E-state index contributed by atoms with van der Waals surface area (Å²) in [5.41, 5.74) is 1.11. The van der Waals surface area contributed by atoms with Crippen LogP contribution in [-0.2, 0) is 6.42 Å². The molecular formula is C20H19F2N3O3. The average Bonchev–Trinajstić information content (AvgIpc) is 3.09. The Morgan fingerprint density at radius 2 is 1.82 bits per heavy atom. The van der Waals surface area contributed by atoms with Gasteiger partial charge in [-0.15, -0.1) is 5.10 Å². The monoisotopic (exact) mass is 387 g/mol. The van der Waals surface area contributed by atoms with Crippen molar-refractivity contribution < 1.29 is 23.0 Å². The molecule has 0 aliphatic heterocycles. The molecule has 0 radical (unpaired) electrons. The van der Waals surface area contributed by atoms with Gasteiger partial charge in [-0.25, -0.2) is 13.5 Å². The lowest BCUT2D eigenvalue weighted by Crippen LogP contribution is -2.13. The Labute approximate surface area is 160 Å². The second-order valence-corrected chi connectivity index (χ2v) is 5.91. The number of hydrogen-bond donors (Lipinski definition) is 1. The quantitative estimate of drug-likeness (QED) is 0.695. The van der Waals surface area contributed by atoms with Gasteiger partial charge in [0.25, 0.3) is 5.91 Å². The molecule has 3 rings (SSSR count). The molecular weight excluding hydrogens is 368 g/mol. The van der Waals surface area contributed by atoms with Gasteiger partial charge in [-0.05, 0) is 36.8 Å². The number of halogens is 2. The number of ether oxygens (including phenoxy) is 2. The zero-order valence-corrected chi connectivity index (χ0v) is 15.6. The first-order chi connectivity index (χ1) is 13.5. The fourth-order valence-corrected chi connectivity index (χ4v) is 2.76. The Balaban J connectivity index is 1.89. The number of hydrogen-bond acceptors (Lipinski definition) is 4. The van der Waals surface area contributed by atoms with E-state index in [-0.39, 0.29) is 11.5 Å². The maximum atomic E-state index is 14.1. The van der Waals surface area contributed by atoms with Crippen molar-refractivity contribution >= 4 is 11.7 Å². The van der Waals surface area contributed by atoms with Gasteiger partial charge in [-0.2, -0.15) is 0 Å². The Hall–Kier alpha value is -3.42. The maximum absolute atomic E-state index is 14.1. The highest BCUT2D eigenvalue weighted by Crippen LogP contribution is 2.28. The van der Waals surface area contributed by atoms with Gasteiger partial charge in [0.05, 0.1) is 14.2 Å². The van der Waals surface area contributed by atoms with E-state index in [1.807, 2.05) is 6.92 Å². The smallest absolute Gasteiger partial charge is 0.257 e. The highest BCUT2D eigenvalue weighted by Gasteiger charge is 2.16. The van der Waals surface area contributed by atoms with Crippen molar-refractivity contribution in [3.63, 3.8) is 0 Å². The van der Waals surface area contributed by atoms with Gasteiger partial charge in [0.15, 0.2) is 23.1 Å². The minimum atomic E-state index is -0.740. The van der Waals surface area contributed by atoms with E-state index in [0.29, 0.717) is 29.2 Å². The molecule has 0 saturated carbocycles. The van der Waals surface area contributed by atoms with Crippen LogP contribution in [0.2, 0.25) is 0 Å². The van der Waals surface area contributed by atoms with E-state index in [0.717, 1.165) is 12.1 Å². The van der Waals surface area contributed by atoms with Gasteiger partial charge in [0, 0.05) is 23.4 Å². The van der Waals surface area contributed by atoms with Gasteiger partial charge >= 0.3 is 0 Å². The Bertz CT molecular complexity index is 1020. The standard InChI is InChI=1S/C20H19F2N3O3/c1-4-14-11-19(24-25(14)16-7-6-13(21)10-15(16)22)23-20(26)12-5-8-17(27-2)18(9-12)28-3/h5-11H,4H2,1-3H3,(H,23,24,26). The number of rotatable bonds is 6. The van der Waals surface area contributed by atoms with Crippen molar-refractivity contribution in [2.45, 2.75) is 13.3 Å². The van der Waals surface area contributed by atoms with Crippen molar-refractivity contribution in [3.05, 3.63) is 65.4 Å². The van der Waals surface area contributed by atoms with E-state index < -0.39 is 17.5 Å². The first-order valence-electron chi connectivity index (χ1n) is 8.54. The highest BCUT2D eigenvalue weighted by atomic mass is 19.1. The summed E-state index contributed by atoms with van der Waals surface area (Å²) in [6.07, 6.45) is 0.538. The van der Waals surface area contributed by atoms with Crippen LogP contribution in [0, 0.1) is 11.6 Å². The number of anilines is 1. The van der Waals surface area contributed by atoms with Crippen molar-refractivity contribution in [2.75, 3.05) is 19.5 Å². The minimum Gasteiger partial charge on any atom is -0.493 e. The lowest BCUT2D eigenvalue weighted by atomic mass is 10.2. The zero-order chi connectivity index (χ0) is 20.3. The third-order valence-corrected chi connectivity index (χ3v) is 4.17. The number of carbonyl (C=O) groups excluding carboxylic acids is 1. The molecule has 3 aromatic rings. The van der Waals surface area contributed by atoms with E-state index in [9.17, 15) is 13.6 Å². The molecule has 6 nitrogen and oxygen atoms in total. The molecule has 28 heavy (non-hydrogen) atoms. The van der Waals surface area contributed by atoms with Crippen LogP contribution in [0.4, 0.5) is 14.6 Å². The minimum absolute atomic E-state index is 0.102. The molecule has 0 unspecified atom stereocenters. The number of benzene rings is 2. The predicted octanol–water partition coefficient (Wildman–Crippen LogP) is 3.98. The Kier molecular flexibility index (Phi) is 5.58. The third kappa shape index (κ3) is 3.80. The molecule has 0 aliphatic rings. The van der Waals surface area contributed by atoms with Gasteiger partial charge in [0.1, 0.15) is 11.5 Å². The molecule has 1 amide bonds. The average molecular weight is 387 g/mol. The largest absolute Gasteiger partial charge is 0.493 e. The predicted molar refractivity (Wildman–Crippen MR) is 100 cm³/mol. The zero-order valence-electron chi connectivity index (χ0n) is 15.6. The van der Waals surface area contributed by atoms with Gasteiger partial charge < -0.3 is 14.8 Å². The summed E-state index contributed by atoms with van der Waals surface area (Å²) in [7, 11) is 2.98. The van der Waals surface area contributed by atoms with E-state index in [4.69, 9.17) is 9.47 Å². The van der Waals surface area contributed by atoms with Gasteiger partial charge in [-0.3, -0.25) is 4.79 Å². The second-order valence-electron chi connectivity index (χ2n) is 5.91. The number of nitrogens with one attached hydrogen (secondary N) is 1. The molecule has 0 bridgehead atoms. The summed E-state index contributed by atoms with van der Waals surface area (Å²) in [5.74, 6) is -0.649. The van der Waals surface area contributed by atoms with Crippen LogP contribution in [0.5, 0.6) is 11.5 Å². The van der Waals surface area contributed by atoms with Gasteiger partial charge in [-0.1, -0.05) is 6.92 Å². The number of aryl methyl sites for hydroxylation is 1. The van der Waals surface area contributed by atoms with Gasteiger partial charge in [0.2, 0.25) is 0 Å². The lowest BCUT2D eigenvalue weighted by molar-refractivity contribution is 0.102.